The average Bonchev–Trinajstić information content (AvgIpc) is 3.39. The molecule has 0 aromatic heterocycles. The number of para-hydroxylation sites is 2. The van der Waals surface area contributed by atoms with Crippen molar-refractivity contribution in [1.29, 1.82) is 0 Å². The molecule has 0 saturated carbocycles. The van der Waals surface area contributed by atoms with Crippen LogP contribution in [0.2, 0.25) is 0 Å². The smallest absolute Gasteiger partial charge is 0.0540 e. The fourth-order valence-corrected chi connectivity index (χ4v) is 8.10. The van der Waals surface area contributed by atoms with E-state index in [0.717, 1.165) is 17.1 Å². The number of anilines is 3. The topological polar surface area (TPSA) is 3.24 Å². The molecule has 0 atom stereocenters. The molecule has 0 bridgehead atoms. The van der Waals surface area contributed by atoms with Gasteiger partial charge in [-0.25, -0.2) is 0 Å². The van der Waals surface area contributed by atoms with Crippen LogP contribution in [0.3, 0.4) is 0 Å². The molecule has 0 unspecified atom stereocenters. The summed E-state index contributed by atoms with van der Waals surface area (Å²) in [5.41, 5.74) is 13.8. The van der Waals surface area contributed by atoms with E-state index in [1.807, 2.05) is 0 Å². The van der Waals surface area contributed by atoms with Crippen LogP contribution in [0.15, 0.2) is 176 Å². The largest absolute Gasteiger partial charge is 0.309 e. The van der Waals surface area contributed by atoms with Gasteiger partial charge in [0.25, 0.3) is 0 Å². The molecular formula is C47H35N. The molecule has 1 nitrogen and oxygen atoms in total. The Hall–Kier alpha value is -5.92. The third-order valence-corrected chi connectivity index (χ3v) is 10.2. The Morgan fingerprint density at radius 3 is 1.81 bits per heavy atom. The predicted molar refractivity (Wildman–Crippen MR) is 205 cm³/mol. The number of benzene rings is 8. The molecule has 0 amide bonds. The van der Waals surface area contributed by atoms with E-state index in [1.54, 1.807) is 0 Å². The molecule has 228 valence electrons. The predicted octanol–water partition coefficient (Wildman–Crippen LogP) is 13.1. The monoisotopic (exact) mass is 613 g/mol. The summed E-state index contributed by atoms with van der Waals surface area (Å²) < 4.78 is 0. The maximum atomic E-state index is 2.43. The highest BCUT2D eigenvalue weighted by atomic mass is 15.1. The fraction of sp³-hybridized carbons (Fsp3) is 0.0638. The van der Waals surface area contributed by atoms with E-state index in [9.17, 15) is 0 Å². The first-order chi connectivity index (χ1) is 23.6. The van der Waals surface area contributed by atoms with Crippen molar-refractivity contribution in [2.24, 2.45) is 0 Å². The zero-order chi connectivity index (χ0) is 32.2. The van der Waals surface area contributed by atoms with E-state index in [1.165, 1.54) is 66.1 Å². The van der Waals surface area contributed by atoms with Gasteiger partial charge in [0.1, 0.15) is 0 Å². The summed E-state index contributed by atoms with van der Waals surface area (Å²) in [6.45, 7) is 4.77. The molecule has 8 aromatic rings. The molecule has 0 heterocycles. The Morgan fingerprint density at radius 2 is 1.02 bits per heavy atom. The van der Waals surface area contributed by atoms with Crippen molar-refractivity contribution in [3.05, 3.63) is 187 Å². The van der Waals surface area contributed by atoms with Gasteiger partial charge in [0.05, 0.1) is 11.4 Å². The maximum absolute atomic E-state index is 2.43. The van der Waals surface area contributed by atoms with E-state index < -0.39 is 0 Å². The lowest BCUT2D eigenvalue weighted by molar-refractivity contribution is 0.666. The standard InChI is InChI=1S/C47H35N/c1-47(2)42-27-15-13-26-40(42)45-41(31-33-19-9-10-23-36(33)46(45)47)38-29-30-44(39-25-12-11-24-37(38)39)48(34-20-7-4-8-21-34)43-28-16-14-22-35(43)32-17-5-3-6-18-32/h3-31H,1-2H3. The van der Waals surface area contributed by atoms with Crippen LogP contribution in [0, 0.1) is 0 Å². The second-order valence-electron chi connectivity index (χ2n) is 13.3. The summed E-state index contributed by atoms with van der Waals surface area (Å²) in [5.74, 6) is 0. The van der Waals surface area contributed by atoms with Gasteiger partial charge in [-0.3, -0.25) is 0 Å². The van der Waals surface area contributed by atoms with Crippen molar-refractivity contribution in [3.8, 4) is 33.4 Å². The summed E-state index contributed by atoms with van der Waals surface area (Å²) in [6, 6.07) is 64.2. The zero-order valence-electron chi connectivity index (χ0n) is 27.2. The van der Waals surface area contributed by atoms with Crippen LogP contribution in [0.5, 0.6) is 0 Å². The lowest BCUT2D eigenvalue weighted by Crippen LogP contribution is -2.15. The Bertz CT molecular complexity index is 2470. The highest BCUT2D eigenvalue weighted by Crippen LogP contribution is 2.56. The molecule has 0 fully saturated rings. The highest BCUT2D eigenvalue weighted by molar-refractivity contribution is 6.12. The van der Waals surface area contributed by atoms with E-state index in [2.05, 4.69) is 195 Å². The molecule has 9 rings (SSSR count). The van der Waals surface area contributed by atoms with Crippen LogP contribution >= 0.6 is 0 Å². The van der Waals surface area contributed by atoms with Crippen LogP contribution < -0.4 is 4.90 Å². The number of hydrogen-bond donors (Lipinski definition) is 0. The maximum Gasteiger partial charge on any atom is 0.0540 e. The summed E-state index contributed by atoms with van der Waals surface area (Å²) in [7, 11) is 0. The first-order valence-electron chi connectivity index (χ1n) is 16.8. The Morgan fingerprint density at radius 1 is 0.417 bits per heavy atom. The van der Waals surface area contributed by atoms with E-state index in [-0.39, 0.29) is 5.41 Å². The highest BCUT2D eigenvalue weighted by Gasteiger charge is 2.38. The first kappa shape index (κ1) is 28.3. The molecule has 8 aromatic carbocycles. The average molecular weight is 614 g/mol. The van der Waals surface area contributed by atoms with Crippen molar-refractivity contribution < 1.29 is 0 Å². The van der Waals surface area contributed by atoms with Crippen LogP contribution in [0.4, 0.5) is 17.1 Å². The van der Waals surface area contributed by atoms with E-state index in [4.69, 9.17) is 0 Å². The summed E-state index contributed by atoms with van der Waals surface area (Å²) >= 11 is 0. The van der Waals surface area contributed by atoms with Gasteiger partial charge in [-0.2, -0.15) is 0 Å². The number of nitrogens with zero attached hydrogens (tertiary/aromatic N) is 1. The molecule has 1 aliphatic rings. The molecule has 1 aliphatic carbocycles. The summed E-state index contributed by atoms with van der Waals surface area (Å²) in [5, 5.41) is 5.08. The van der Waals surface area contributed by atoms with E-state index >= 15 is 0 Å². The number of hydrogen-bond acceptors (Lipinski definition) is 1. The lowest BCUT2D eigenvalue weighted by Gasteiger charge is -2.29. The normalized spacial score (nSPS) is 13.0. The van der Waals surface area contributed by atoms with Crippen molar-refractivity contribution in [2.45, 2.75) is 19.3 Å². The second kappa shape index (κ2) is 11.1. The molecule has 0 spiro atoms. The van der Waals surface area contributed by atoms with Gasteiger partial charge in [0.15, 0.2) is 0 Å². The Balaban J connectivity index is 1.34. The molecule has 0 radical (unpaired) electrons. The first-order valence-corrected chi connectivity index (χ1v) is 16.8. The summed E-state index contributed by atoms with van der Waals surface area (Å²) in [6.07, 6.45) is 0. The molecule has 48 heavy (non-hydrogen) atoms. The van der Waals surface area contributed by atoms with Crippen molar-refractivity contribution >= 4 is 38.6 Å². The molecular weight excluding hydrogens is 579 g/mol. The minimum Gasteiger partial charge on any atom is -0.309 e. The molecule has 0 saturated heterocycles. The molecule has 1 heteroatoms. The van der Waals surface area contributed by atoms with Crippen molar-refractivity contribution in [2.75, 3.05) is 4.90 Å². The fourth-order valence-electron chi connectivity index (χ4n) is 8.10. The van der Waals surface area contributed by atoms with Crippen molar-refractivity contribution in [1.82, 2.24) is 0 Å². The zero-order valence-corrected chi connectivity index (χ0v) is 27.2. The SMILES string of the molecule is CC1(C)c2ccccc2-c2c(-c3ccc(N(c4ccccc4)c4ccccc4-c4ccccc4)c4ccccc34)cc3ccccc3c21. The molecule has 0 N–H and O–H groups in total. The number of rotatable bonds is 5. The minimum absolute atomic E-state index is 0.109. The van der Waals surface area contributed by atoms with Gasteiger partial charge in [-0.05, 0) is 85.4 Å². The minimum atomic E-state index is -0.109. The van der Waals surface area contributed by atoms with Crippen molar-refractivity contribution in [3.63, 3.8) is 0 Å². The Labute approximate surface area is 282 Å². The third kappa shape index (κ3) is 4.32. The third-order valence-electron chi connectivity index (χ3n) is 10.2. The molecule has 0 aliphatic heterocycles. The van der Waals surface area contributed by atoms with Gasteiger partial charge in [0.2, 0.25) is 0 Å². The quantitative estimate of drug-likeness (QED) is 0.187. The van der Waals surface area contributed by atoms with Gasteiger partial charge in [-0.15, -0.1) is 0 Å². The lowest BCUT2D eigenvalue weighted by atomic mass is 9.79. The van der Waals surface area contributed by atoms with Gasteiger partial charge >= 0.3 is 0 Å². The van der Waals surface area contributed by atoms with Gasteiger partial charge in [0, 0.05) is 22.1 Å². The van der Waals surface area contributed by atoms with Gasteiger partial charge in [-0.1, -0.05) is 159 Å². The number of fused-ring (bicyclic) bond motifs is 6. The Kier molecular flexibility index (Phi) is 6.55. The van der Waals surface area contributed by atoms with Gasteiger partial charge < -0.3 is 4.90 Å². The van der Waals surface area contributed by atoms with E-state index in [0.29, 0.717) is 0 Å². The van der Waals surface area contributed by atoms with Crippen LogP contribution in [-0.2, 0) is 5.41 Å². The van der Waals surface area contributed by atoms with Crippen LogP contribution in [0.1, 0.15) is 25.0 Å². The van der Waals surface area contributed by atoms with Crippen LogP contribution in [-0.4, -0.2) is 0 Å². The summed E-state index contributed by atoms with van der Waals surface area (Å²) in [4.78, 5) is 2.43. The van der Waals surface area contributed by atoms with Crippen LogP contribution in [0.25, 0.3) is 54.9 Å². The second-order valence-corrected chi connectivity index (χ2v) is 13.3.